The van der Waals surface area contributed by atoms with Crippen molar-refractivity contribution in [2.75, 3.05) is 0 Å². The van der Waals surface area contributed by atoms with Gasteiger partial charge in [-0.25, -0.2) is 0 Å². The highest BCUT2D eigenvalue weighted by Gasteiger charge is 2.46. The fourth-order valence-corrected chi connectivity index (χ4v) is 3.37. The van der Waals surface area contributed by atoms with Gasteiger partial charge in [0.05, 0.1) is 11.2 Å². The molecule has 1 aliphatic rings. The first-order chi connectivity index (χ1) is 9.21. The van der Waals surface area contributed by atoms with E-state index in [0.29, 0.717) is 18.0 Å². The molecule has 0 radical (unpaired) electrons. The predicted octanol–water partition coefficient (Wildman–Crippen LogP) is 4.32. The standard InChI is InChI=1S/C18H29NO/c1-13(2)16(14-10-8-7-9-11-14)19-15-12-17(3,4)20-18(15,5)6/h7-11,13,15-16,19H,12H2,1-6H3. The van der Waals surface area contributed by atoms with Gasteiger partial charge in [0.1, 0.15) is 0 Å². The Hall–Kier alpha value is -0.860. The second-order valence-electron chi connectivity index (χ2n) is 7.52. The molecule has 0 aliphatic carbocycles. The molecular formula is C18H29NO. The Morgan fingerprint density at radius 2 is 1.70 bits per heavy atom. The summed E-state index contributed by atoms with van der Waals surface area (Å²) < 4.78 is 6.20. The van der Waals surface area contributed by atoms with Crippen LogP contribution < -0.4 is 5.32 Å². The number of rotatable bonds is 4. The summed E-state index contributed by atoms with van der Waals surface area (Å²) in [6.45, 7) is 13.3. The monoisotopic (exact) mass is 275 g/mol. The molecule has 1 saturated heterocycles. The Labute approximate surface area is 123 Å². The van der Waals surface area contributed by atoms with E-state index in [2.05, 4.69) is 77.2 Å². The fourth-order valence-electron chi connectivity index (χ4n) is 3.37. The number of hydrogen-bond acceptors (Lipinski definition) is 2. The Bertz CT molecular complexity index is 436. The van der Waals surface area contributed by atoms with Gasteiger partial charge in [0, 0.05) is 12.1 Å². The molecule has 2 heteroatoms. The number of nitrogens with one attached hydrogen (secondary N) is 1. The molecule has 0 amide bonds. The van der Waals surface area contributed by atoms with Gasteiger partial charge in [0.15, 0.2) is 0 Å². The van der Waals surface area contributed by atoms with Crippen LogP contribution in [-0.2, 0) is 4.74 Å². The van der Waals surface area contributed by atoms with Gasteiger partial charge in [-0.1, -0.05) is 44.2 Å². The molecule has 112 valence electrons. The minimum absolute atomic E-state index is 0.0423. The van der Waals surface area contributed by atoms with E-state index < -0.39 is 0 Å². The molecular weight excluding hydrogens is 246 g/mol. The lowest BCUT2D eigenvalue weighted by atomic mass is 9.89. The lowest BCUT2D eigenvalue weighted by Crippen LogP contribution is -2.46. The van der Waals surface area contributed by atoms with E-state index >= 15 is 0 Å². The SMILES string of the molecule is CC(C)C(NC1CC(C)(C)OC1(C)C)c1ccccc1. The zero-order valence-corrected chi connectivity index (χ0v) is 13.7. The number of hydrogen-bond donors (Lipinski definition) is 1. The molecule has 20 heavy (non-hydrogen) atoms. The van der Waals surface area contributed by atoms with E-state index in [4.69, 9.17) is 4.74 Å². The molecule has 1 aromatic rings. The summed E-state index contributed by atoms with van der Waals surface area (Å²) in [6.07, 6.45) is 1.05. The molecule has 1 aromatic carbocycles. The van der Waals surface area contributed by atoms with Crippen molar-refractivity contribution in [3.05, 3.63) is 35.9 Å². The van der Waals surface area contributed by atoms with Crippen molar-refractivity contribution in [3.8, 4) is 0 Å². The largest absolute Gasteiger partial charge is 0.368 e. The molecule has 0 aromatic heterocycles. The van der Waals surface area contributed by atoms with Gasteiger partial charge in [0.2, 0.25) is 0 Å². The minimum atomic E-state index is -0.120. The van der Waals surface area contributed by atoms with Crippen LogP contribution in [0.25, 0.3) is 0 Å². The Morgan fingerprint density at radius 1 is 1.10 bits per heavy atom. The lowest BCUT2D eigenvalue weighted by molar-refractivity contribution is -0.0707. The second-order valence-corrected chi connectivity index (χ2v) is 7.52. The molecule has 0 bridgehead atoms. The van der Waals surface area contributed by atoms with E-state index in [1.165, 1.54) is 5.56 Å². The number of ether oxygens (including phenoxy) is 1. The van der Waals surface area contributed by atoms with Crippen molar-refractivity contribution >= 4 is 0 Å². The van der Waals surface area contributed by atoms with Gasteiger partial charge in [-0.2, -0.15) is 0 Å². The maximum absolute atomic E-state index is 6.20. The third-order valence-corrected chi connectivity index (χ3v) is 4.28. The van der Waals surface area contributed by atoms with E-state index in [1.54, 1.807) is 0 Å². The molecule has 1 fully saturated rings. The Kier molecular flexibility index (Phi) is 4.27. The van der Waals surface area contributed by atoms with Crippen molar-refractivity contribution in [1.29, 1.82) is 0 Å². The molecule has 1 aliphatic heterocycles. The predicted molar refractivity (Wildman–Crippen MR) is 84.8 cm³/mol. The van der Waals surface area contributed by atoms with Crippen LogP contribution in [0.5, 0.6) is 0 Å². The van der Waals surface area contributed by atoms with Crippen LogP contribution in [0.4, 0.5) is 0 Å². The first kappa shape index (κ1) is 15.5. The Morgan fingerprint density at radius 3 is 2.15 bits per heavy atom. The van der Waals surface area contributed by atoms with E-state index in [0.717, 1.165) is 6.42 Å². The van der Waals surface area contributed by atoms with Gasteiger partial charge in [-0.05, 0) is 45.6 Å². The zero-order chi connectivity index (χ0) is 15.0. The normalized spacial score (nSPS) is 25.9. The van der Waals surface area contributed by atoms with Crippen molar-refractivity contribution < 1.29 is 4.74 Å². The zero-order valence-electron chi connectivity index (χ0n) is 13.7. The van der Waals surface area contributed by atoms with Crippen LogP contribution in [0.3, 0.4) is 0 Å². The van der Waals surface area contributed by atoms with Gasteiger partial charge >= 0.3 is 0 Å². The van der Waals surface area contributed by atoms with E-state index in [1.807, 2.05) is 0 Å². The highest BCUT2D eigenvalue weighted by molar-refractivity contribution is 5.20. The fraction of sp³-hybridized carbons (Fsp3) is 0.667. The second kappa shape index (κ2) is 5.50. The minimum Gasteiger partial charge on any atom is -0.368 e. The summed E-state index contributed by atoms with van der Waals surface area (Å²) in [4.78, 5) is 0. The van der Waals surface area contributed by atoms with Gasteiger partial charge in [-0.3, -0.25) is 0 Å². The van der Waals surface area contributed by atoms with Crippen LogP contribution in [0.1, 0.15) is 59.6 Å². The summed E-state index contributed by atoms with van der Waals surface area (Å²) in [6, 6.07) is 11.5. The first-order valence-electron chi connectivity index (χ1n) is 7.72. The Balaban J connectivity index is 2.18. The molecule has 0 spiro atoms. The molecule has 0 saturated carbocycles. The molecule has 2 rings (SSSR count). The summed E-state index contributed by atoms with van der Waals surface area (Å²) in [5.74, 6) is 0.553. The maximum Gasteiger partial charge on any atom is 0.0787 e. The van der Waals surface area contributed by atoms with Crippen LogP contribution in [0.2, 0.25) is 0 Å². The molecule has 1 heterocycles. The molecule has 1 N–H and O–H groups in total. The molecule has 2 atom stereocenters. The highest BCUT2D eigenvalue weighted by Crippen LogP contribution is 2.39. The molecule has 2 nitrogen and oxygen atoms in total. The average molecular weight is 275 g/mol. The van der Waals surface area contributed by atoms with Crippen molar-refractivity contribution in [3.63, 3.8) is 0 Å². The van der Waals surface area contributed by atoms with Crippen molar-refractivity contribution in [2.45, 2.75) is 71.2 Å². The van der Waals surface area contributed by atoms with Crippen molar-refractivity contribution in [1.82, 2.24) is 5.32 Å². The quantitative estimate of drug-likeness (QED) is 0.883. The summed E-state index contributed by atoms with van der Waals surface area (Å²) in [5, 5.41) is 3.85. The van der Waals surface area contributed by atoms with E-state index in [9.17, 15) is 0 Å². The van der Waals surface area contributed by atoms with Gasteiger partial charge in [-0.15, -0.1) is 0 Å². The van der Waals surface area contributed by atoms with Gasteiger partial charge < -0.3 is 10.1 Å². The van der Waals surface area contributed by atoms with Crippen LogP contribution in [-0.4, -0.2) is 17.2 Å². The van der Waals surface area contributed by atoms with Gasteiger partial charge in [0.25, 0.3) is 0 Å². The van der Waals surface area contributed by atoms with Crippen molar-refractivity contribution in [2.24, 2.45) is 5.92 Å². The highest BCUT2D eigenvalue weighted by atomic mass is 16.5. The first-order valence-corrected chi connectivity index (χ1v) is 7.72. The number of benzene rings is 1. The third kappa shape index (κ3) is 3.42. The third-order valence-electron chi connectivity index (χ3n) is 4.28. The summed E-state index contributed by atoms with van der Waals surface area (Å²) in [5.41, 5.74) is 1.20. The summed E-state index contributed by atoms with van der Waals surface area (Å²) >= 11 is 0. The smallest absolute Gasteiger partial charge is 0.0787 e. The van der Waals surface area contributed by atoms with Crippen LogP contribution >= 0.6 is 0 Å². The average Bonchev–Trinajstić information content (AvgIpc) is 2.54. The van der Waals surface area contributed by atoms with Crippen LogP contribution in [0, 0.1) is 5.92 Å². The topological polar surface area (TPSA) is 21.3 Å². The van der Waals surface area contributed by atoms with E-state index in [-0.39, 0.29) is 11.2 Å². The summed E-state index contributed by atoms with van der Waals surface area (Å²) in [7, 11) is 0. The molecule has 2 unspecified atom stereocenters. The van der Waals surface area contributed by atoms with Crippen LogP contribution in [0.15, 0.2) is 30.3 Å². The maximum atomic E-state index is 6.20. The lowest BCUT2D eigenvalue weighted by Gasteiger charge is -2.33.